The summed E-state index contributed by atoms with van der Waals surface area (Å²) in [5, 5.41) is 10.2. The largest absolute Gasteiger partial charge is 0.497 e. The van der Waals surface area contributed by atoms with Gasteiger partial charge in [-0.25, -0.2) is 4.79 Å². The highest BCUT2D eigenvalue weighted by molar-refractivity contribution is 5.49. The minimum absolute atomic E-state index is 0.0765. The number of nitrogens with zero attached hydrogens (tertiary/aromatic N) is 1. The van der Waals surface area contributed by atoms with Crippen LogP contribution in [0, 0.1) is 5.92 Å². The molecule has 4 rings (SSSR count). The Kier molecular flexibility index (Phi) is 9.32. The predicted octanol–water partition coefficient (Wildman–Crippen LogP) is 3.15. The Morgan fingerprint density at radius 1 is 0.795 bits per heavy atom. The van der Waals surface area contributed by atoms with Crippen LogP contribution in [-0.2, 0) is 21.8 Å². The van der Waals surface area contributed by atoms with E-state index in [0.717, 1.165) is 28.2 Å². The number of methoxy groups -OCH3 is 2. The van der Waals surface area contributed by atoms with E-state index in [9.17, 15) is 14.7 Å². The van der Waals surface area contributed by atoms with Gasteiger partial charge in [0.15, 0.2) is 0 Å². The number of hydrogen-bond acceptors (Lipinski definition) is 7. The Morgan fingerprint density at radius 2 is 1.36 bits per heavy atom. The average molecular weight is 533 g/mol. The standard InChI is InChI=1S/C30H32N2O7/c1-36-26-12-8-24(9-13-26)30(23-6-4-3-5-7-23,25-10-14-27(37-2)15-11-25)39-20-22(18-33)19-38-21-32-17-16-28(34)31-29(32)35/h3-17,22,33H,18-21H2,1-2H3,(H,31,34,35)/t22-/m0/s1. The third kappa shape index (κ3) is 6.46. The van der Waals surface area contributed by atoms with Crippen molar-refractivity contribution in [2.24, 2.45) is 5.92 Å². The van der Waals surface area contributed by atoms with E-state index in [1.54, 1.807) is 14.2 Å². The molecule has 2 N–H and O–H groups in total. The van der Waals surface area contributed by atoms with Gasteiger partial charge >= 0.3 is 5.69 Å². The molecule has 204 valence electrons. The molecule has 3 aromatic carbocycles. The molecule has 0 bridgehead atoms. The number of aromatic nitrogens is 2. The lowest BCUT2D eigenvalue weighted by Gasteiger charge is -2.37. The van der Waals surface area contributed by atoms with Gasteiger partial charge in [0.1, 0.15) is 23.8 Å². The van der Waals surface area contributed by atoms with Crippen LogP contribution in [0.5, 0.6) is 11.5 Å². The number of benzene rings is 3. The maximum Gasteiger partial charge on any atom is 0.330 e. The fourth-order valence-electron chi connectivity index (χ4n) is 4.33. The van der Waals surface area contributed by atoms with E-state index < -0.39 is 22.8 Å². The molecule has 0 saturated carbocycles. The second-order valence-electron chi connectivity index (χ2n) is 8.94. The van der Waals surface area contributed by atoms with Gasteiger partial charge < -0.3 is 24.1 Å². The number of rotatable bonds is 13. The second kappa shape index (κ2) is 13.1. The van der Waals surface area contributed by atoms with Gasteiger partial charge in [0.25, 0.3) is 5.56 Å². The van der Waals surface area contributed by atoms with E-state index in [0.29, 0.717) is 0 Å². The van der Waals surface area contributed by atoms with Crippen molar-refractivity contribution in [2.45, 2.75) is 12.3 Å². The Morgan fingerprint density at radius 3 is 1.87 bits per heavy atom. The lowest BCUT2D eigenvalue weighted by molar-refractivity contribution is -0.0496. The summed E-state index contributed by atoms with van der Waals surface area (Å²) in [5.74, 6) is 1.03. The van der Waals surface area contributed by atoms with Crippen LogP contribution in [0.25, 0.3) is 0 Å². The van der Waals surface area contributed by atoms with E-state index in [1.807, 2.05) is 78.9 Å². The van der Waals surface area contributed by atoms with Crippen LogP contribution in [-0.4, -0.2) is 48.7 Å². The monoisotopic (exact) mass is 532 g/mol. The molecule has 9 nitrogen and oxygen atoms in total. The van der Waals surface area contributed by atoms with Gasteiger partial charge in [-0.2, -0.15) is 0 Å². The van der Waals surface area contributed by atoms with Crippen LogP contribution in [0.1, 0.15) is 16.7 Å². The van der Waals surface area contributed by atoms with E-state index in [1.165, 1.54) is 16.8 Å². The van der Waals surface area contributed by atoms with Gasteiger partial charge in [0.2, 0.25) is 0 Å². The fraction of sp³-hybridized carbons (Fsp3) is 0.267. The molecular formula is C30H32N2O7. The molecule has 1 atom stereocenters. The number of aliphatic hydroxyl groups is 1. The van der Waals surface area contributed by atoms with E-state index >= 15 is 0 Å². The van der Waals surface area contributed by atoms with Crippen molar-refractivity contribution in [1.82, 2.24) is 9.55 Å². The number of aliphatic hydroxyl groups excluding tert-OH is 1. The van der Waals surface area contributed by atoms with E-state index in [2.05, 4.69) is 4.98 Å². The lowest BCUT2D eigenvalue weighted by atomic mass is 9.80. The molecule has 0 radical (unpaired) electrons. The third-order valence-electron chi connectivity index (χ3n) is 6.45. The van der Waals surface area contributed by atoms with Crippen LogP contribution in [0.4, 0.5) is 0 Å². The molecule has 0 amide bonds. The molecule has 1 aromatic heterocycles. The molecule has 0 aliphatic rings. The van der Waals surface area contributed by atoms with Crippen molar-refractivity contribution >= 4 is 0 Å². The van der Waals surface area contributed by atoms with Gasteiger partial charge in [-0.1, -0.05) is 54.6 Å². The first kappa shape index (κ1) is 27.8. The summed E-state index contributed by atoms with van der Waals surface area (Å²) in [6, 6.07) is 26.5. The maximum atomic E-state index is 11.9. The van der Waals surface area contributed by atoms with Crippen molar-refractivity contribution in [3.63, 3.8) is 0 Å². The van der Waals surface area contributed by atoms with Crippen molar-refractivity contribution in [1.29, 1.82) is 0 Å². The van der Waals surface area contributed by atoms with Gasteiger partial charge in [-0.3, -0.25) is 14.3 Å². The molecule has 0 aliphatic carbocycles. The third-order valence-corrected chi connectivity index (χ3v) is 6.45. The first-order valence-electron chi connectivity index (χ1n) is 12.5. The number of aromatic amines is 1. The molecule has 4 aromatic rings. The zero-order valence-corrected chi connectivity index (χ0v) is 21.9. The highest BCUT2D eigenvalue weighted by Crippen LogP contribution is 2.42. The molecule has 0 unspecified atom stereocenters. The smallest absolute Gasteiger partial charge is 0.330 e. The predicted molar refractivity (Wildman–Crippen MR) is 146 cm³/mol. The summed E-state index contributed by atoms with van der Waals surface area (Å²) in [5.41, 5.74) is 0.573. The normalized spacial score (nSPS) is 12.2. The van der Waals surface area contributed by atoms with Gasteiger partial charge in [0.05, 0.1) is 34.0 Å². The molecule has 9 heteroatoms. The van der Waals surface area contributed by atoms with Crippen LogP contribution in [0.2, 0.25) is 0 Å². The number of ether oxygens (including phenoxy) is 4. The molecule has 0 spiro atoms. The topological polar surface area (TPSA) is 112 Å². The molecule has 1 heterocycles. The molecular weight excluding hydrogens is 500 g/mol. The zero-order valence-electron chi connectivity index (χ0n) is 21.9. The summed E-state index contributed by atoms with van der Waals surface area (Å²) in [6.07, 6.45) is 1.36. The van der Waals surface area contributed by atoms with Crippen LogP contribution in [0.15, 0.2) is 101 Å². The van der Waals surface area contributed by atoms with Crippen LogP contribution >= 0.6 is 0 Å². The first-order chi connectivity index (χ1) is 19.0. The Labute approximate surface area is 226 Å². The Balaban J connectivity index is 1.66. The van der Waals surface area contributed by atoms with Gasteiger partial charge in [-0.15, -0.1) is 0 Å². The van der Waals surface area contributed by atoms with Crippen molar-refractivity contribution in [3.05, 3.63) is 129 Å². The Bertz CT molecular complexity index is 1380. The van der Waals surface area contributed by atoms with Gasteiger partial charge in [0, 0.05) is 18.2 Å². The second-order valence-corrected chi connectivity index (χ2v) is 8.94. The van der Waals surface area contributed by atoms with Gasteiger partial charge in [-0.05, 0) is 41.0 Å². The maximum absolute atomic E-state index is 11.9. The van der Waals surface area contributed by atoms with E-state index in [4.69, 9.17) is 18.9 Å². The Hall–Kier alpha value is -4.18. The summed E-state index contributed by atoms with van der Waals surface area (Å²) in [6.45, 7) is -0.00828. The van der Waals surface area contributed by atoms with Crippen molar-refractivity contribution in [2.75, 3.05) is 34.0 Å². The van der Waals surface area contributed by atoms with Crippen LogP contribution < -0.4 is 20.7 Å². The average Bonchev–Trinajstić information content (AvgIpc) is 2.98. The first-order valence-corrected chi connectivity index (χ1v) is 12.5. The summed E-state index contributed by atoms with van der Waals surface area (Å²) < 4.78 is 24.5. The van der Waals surface area contributed by atoms with E-state index in [-0.39, 0.29) is 26.6 Å². The zero-order chi connectivity index (χ0) is 27.7. The molecule has 0 aliphatic heterocycles. The lowest BCUT2D eigenvalue weighted by Crippen LogP contribution is -2.36. The van der Waals surface area contributed by atoms with Crippen molar-refractivity contribution in [3.8, 4) is 11.5 Å². The summed E-state index contributed by atoms with van der Waals surface area (Å²) in [7, 11) is 3.24. The summed E-state index contributed by atoms with van der Waals surface area (Å²) in [4.78, 5) is 25.4. The minimum atomic E-state index is -1.02. The fourth-order valence-corrected chi connectivity index (χ4v) is 4.33. The molecule has 39 heavy (non-hydrogen) atoms. The number of hydrogen-bond donors (Lipinski definition) is 2. The molecule has 0 fully saturated rings. The highest BCUT2D eigenvalue weighted by Gasteiger charge is 2.38. The number of nitrogens with one attached hydrogen (secondary N) is 1. The number of H-pyrrole nitrogens is 1. The van der Waals surface area contributed by atoms with Crippen molar-refractivity contribution < 1.29 is 24.1 Å². The highest BCUT2D eigenvalue weighted by atomic mass is 16.5. The minimum Gasteiger partial charge on any atom is -0.497 e. The quantitative estimate of drug-likeness (QED) is 0.255. The molecule has 0 saturated heterocycles. The SMILES string of the molecule is COc1ccc(C(OC[C@@H](CO)COCn2ccc(=O)[nH]c2=O)(c2ccccc2)c2ccc(OC)cc2)cc1. The van der Waals surface area contributed by atoms with Crippen LogP contribution in [0.3, 0.4) is 0 Å². The summed E-state index contributed by atoms with van der Waals surface area (Å²) >= 11 is 0.